The van der Waals surface area contributed by atoms with Crippen LogP contribution < -0.4 is 4.74 Å². The number of hydrogen-bond acceptors (Lipinski definition) is 2. The van der Waals surface area contributed by atoms with Crippen molar-refractivity contribution in [1.82, 2.24) is 0 Å². The maximum atomic E-state index is 12.5. The standard InChI is InChI=1S/C18H13BrO2Se/c1-21-15-8-4-12(5-9-15)16-10-11-17(22-16)18(20)13-2-6-14(19)7-3-13/h2-11H,1H3. The van der Waals surface area contributed by atoms with E-state index in [4.69, 9.17) is 4.74 Å². The summed E-state index contributed by atoms with van der Waals surface area (Å²) >= 11 is 3.43. The molecule has 3 rings (SSSR count). The van der Waals surface area contributed by atoms with Gasteiger partial charge in [-0.3, -0.25) is 0 Å². The zero-order valence-corrected chi connectivity index (χ0v) is 15.2. The molecule has 0 fully saturated rings. The summed E-state index contributed by atoms with van der Waals surface area (Å²) in [5.41, 5.74) is 1.89. The second kappa shape index (κ2) is 6.65. The molecule has 0 atom stereocenters. The Morgan fingerprint density at radius 1 is 0.955 bits per heavy atom. The molecule has 0 aliphatic carbocycles. The van der Waals surface area contributed by atoms with Gasteiger partial charge in [0, 0.05) is 0 Å². The molecule has 0 radical (unpaired) electrons. The molecule has 110 valence electrons. The Morgan fingerprint density at radius 2 is 1.64 bits per heavy atom. The molecule has 22 heavy (non-hydrogen) atoms. The van der Waals surface area contributed by atoms with Gasteiger partial charge in [0.25, 0.3) is 0 Å². The van der Waals surface area contributed by atoms with Crippen molar-refractivity contribution in [2.45, 2.75) is 0 Å². The Bertz CT molecular complexity index is 789. The minimum atomic E-state index is 0.0404. The number of methoxy groups -OCH3 is 1. The quantitative estimate of drug-likeness (QED) is 0.462. The van der Waals surface area contributed by atoms with E-state index in [9.17, 15) is 4.79 Å². The normalized spacial score (nSPS) is 10.5. The summed E-state index contributed by atoms with van der Waals surface area (Å²) in [5.74, 6) is 0.959. The Labute approximate surface area is 143 Å². The van der Waals surface area contributed by atoms with E-state index in [1.54, 1.807) is 7.11 Å². The van der Waals surface area contributed by atoms with Crippen molar-refractivity contribution in [3.8, 4) is 15.8 Å². The van der Waals surface area contributed by atoms with Gasteiger partial charge in [0.15, 0.2) is 0 Å². The van der Waals surface area contributed by atoms with Gasteiger partial charge >= 0.3 is 144 Å². The first kappa shape index (κ1) is 15.3. The van der Waals surface area contributed by atoms with Gasteiger partial charge in [0.2, 0.25) is 0 Å². The predicted molar refractivity (Wildman–Crippen MR) is 92.9 cm³/mol. The molecular formula is C18H13BrO2Se. The van der Waals surface area contributed by atoms with Gasteiger partial charge in [0.05, 0.1) is 0 Å². The van der Waals surface area contributed by atoms with E-state index < -0.39 is 0 Å². The summed E-state index contributed by atoms with van der Waals surface area (Å²) in [6.07, 6.45) is 0. The summed E-state index contributed by atoms with van der Waals surface area (Å²) in [6, 6.07) is 19.5. The first-order valence-corrected chi connectivity index (χ1v) is 9.22. The Morgan fingerprint density at radius 3 is 2.27 bits per heavy atom. The Hall–Kier alpha value is -1.61. The van der Waals surface area contributed by atoms with Crippen LogP contribution in [-0.2, 0) is 0 Å². The van der Waals surface area contributed by atoms with Crippen LogP contribution in [0, 0.1) is 0 Å². The summed E-state index contributed by atoms with van der Waals surface area (Å²) in [7, 11) is 1.66. The molecule has 4 heteroatoms. The van der Waals surface area contributed by atoms with E-state index in [1.165, 1.54) is 4.44 Å². The predicted octanol–water partition coefficient (Wildman–Crippen LogP) is 4.41. The molecule has 0 spiro atoms. The Kier molecular flexibility index (Phi) is 4.63. The van der Waals surface area contributed by atoms with Crippen LogP contribution in [0.15, 0.2) is 65.1 Å². The van der Waals surface area contributed by atoms with E-state index in [-0.39, 0.29) is 20.3 Å². The van der Waals surface area contributed by atoms with Crippen molar-refractivity contribution < 1.29 is 9.53 Å². The SMILES string of the molecule is COc1ccc(-c2ccc(C(=O)c3ccc(Br)cc3)[se]2)cc1. The molecule has 2 nitrogen and oxygen atoms in total. The van der Waals surface area contributed by atoms with Crippen molar-refractivity contribution >= 4 is 36.2 Å². The van der Waals surface area contributed by atoms with Crippen LogP contribution in [-0.4, -0.2) is 27.4 Å². The zero-order valence-electron chi connectivity index (χ0n) is 11.9. The van der Waals surface area contributed by atoms with Gasteiger partial charge in [0.1, 0.15) is 0 Å². The second-order valence-electron chi connectivity index (χ2n) is 4.73. The van der Waals surface area contributed by atoms with E-state index in [2.05, 4.69) is 15.9 Å². The van der Waals surface area contributed by atoms with E-state index >= 15 is 0 Å². The van der Waals surface area contributed by atoms with Crippen molar-refractivity contribution in [2.75, 3.05) is 7.11 Å². The van der Waals surface area contributed by atoms with Crippen molar-refractivity contribution in [3.63, 3.8) is 0 Å². The number of halogens is 1. The monoisotopic (exact) mass is 420 g/mol. The molecular weight excluding hydrogens is 407 g/mol. The number of rotatable bonds is 4. The summed E-state index contributed by atoms with van der Waals surface area (Å²) in [4.78, 5) is 12.5. The molecule has 0 saturated heterocycles. The first-order chi connectivity index (χ1) is 10.7. The maximum absolute atomic E-state index is 12.5. The molecule has 0 unspecified atom stereocenters. The number of ketones is 1. The molecule has 0 saturated carbocycles. The van der Waals surface area contributed by atoms with Gasteiger partial charge in [-0.25, -0.2) is 0 Å². The number of carbonyl (C=O) groups excluding carboxylic acids is 1. The van der Waals surface area contributed by atoms with E-state index in [0.717, 1.165) is 25.8 Å². The fraction of sp³-hybridized carbons (Fsp3) is 0.0556. The van der Waals surface area contributed by atoms with Gasteiger partial charge in [-0.2, -0.15) is 0 Å². The molecule has 0 bridgehead atoms. The van der Waals surface area contributed by atoms with Gasteiger partial charge in [-0.1, -0.05) is 0 Å². The fourth-order valence-corrected chi connectivity index (χ4v) is 4.42. The third-order valence-corrected chi connectivity index (χ3v) is 6.22. The van der Waals surface area contributed by atoms with Crippen molar-refractivity contribution in [2.24, 2.45) is 0 Å². The van der Waals surface area contributed by atoms with Gasteiger partial charge in [-0.15, -0.1) is 0 Å². The number of carbonyl (C=O) groups is 1. The van der Waals surface area contributed by atoms with E-state index in [1.807, 2.05) is 60.7 Å². The molecule has 0 aliphatic rings. The van der Waals surface area contributed by atoms with Crippen LogP contribution >= 0.6 is 15.9 Å². The first-order valence-electron chi connectivity index (χ1n) is 6.72. The van der Waals surface area contributed by atoms with Crippen molar-refractivity contribution in [1.29, 1.82) is 0 Å². The zero-order chi connectivity index (χ0) is 15.5. The molecule has 0 amide bonds. The topological polar surface area (TPSA) is 26.3 Å². The number of hydrogen-bond donors (Lipinski definition) is 0. The van der Waals surface area contributed by atoms with Crippen molar-refractivity contribution in [3.05, 3.63) is 75.1 Å². The van der Waals surface area contributed by atoms with Crippen LogP contribution in [0.2, 0.25) is 0 Å². The average molecular weight is 420 g/mol. The number of ether oxygens (including phenoxy) is 1. The van der Waals surface area contributed by atoms with Crippen LogP contribution in [0.4, 0.5) is 0 Å². The summed E-state index contributed by atoms with van der Waals surface area (Å²) in [6.45, 7) is 0. The van der Waals surface area contributed by atoms with Crippen LogP contribution in [0.1, 0.15) is 14.8 Å². The molecule has 2 aromatic carbocycles. The van der Waals surface area contributed by atoms with Crippen LogP contribution in [0.3, 0.4) is 0 Å². The molecule has 1 heterocycles. The third-order valence-electron chi connectivity index (χ3n) is 3.31. The molecule has 0 N–H and O–H groups in total. The molecule has 3 aromatic rings. The fourth-order valence-electron chi connectivity index (χ4n) is 2.11. The minimum absolute atomic E-state index is 0.0404. The summed E-state index contributed by atoms with van der Waals surface area (Å²) < 4.78 is 8.26. The second-order valence-corrected chi connectivity index (χ2v) is 7.92. The van der Waals surface area contributed by atoms with Gasteiger partial charge < -0.3 is 0 Å². The molecule has 1 aromatic heterocycles. The Balaban J connectivity index is 1.86. The van der Waals surface area contributed by atoms with Gasteiger partial charge in [-0.05, 0) is 0 Å². The average Bonchev–Trinajstić information content (AvgIpc) is 3.05. The number of benzene rings is 2. The van der Waals surface area contributed by atoms with Crippen LogP contribution in [0.5, 0.6) is 5.75 Å². The van der Waals surface area contributed by atoms with Crippen LogP contribution in [0.25, 0.3) is 10.0 Å². The van der Waals surface area contributed by atoms with E-state index in [0.29, 0.717) is 0 Å². The molecule has 0 aliphatic heterocycles. The summed E-state index contributed by atoms with van der Waals surface area (Å²) in [5, 5.41) is 0. The third kappa shape index (κ3) is 3.25.